The second-order valence-corrected chi connectivity index (χ2v) is 6.25. The van der Waals surface area contributed by atoms with E-state index < -0.39 is 6.10 Å². The summed E-state index contributed by atoms with van der Waals surface area (Å²) in [5, 5.41) is 10.8. The van der Waals surface area contributed by atoms with Crippen LogP contribution in [0, 0.1) is 0 Å². The summed E-state index contributed by atoms with van der Waals surface area (Å²) in [5.74, 6) is -0.593. The minimum atomic E-state index is -0.817. The summed E-state index contributed by atoms with van der Waals surface area (Å²) in [7, 11) is 0. The molecule has 26 heavy (non-hydrogen) atoms. The van der Waals surface area contributed by atoms with Gasteiger partial charge in [-0.3, -0.25) is 14.5 Å². The Kier molecular flexibility index (Phi) is 4.11. The molecule has 0 fully saturated rings. The van der Waals surface area contributed by atoms with Crippen LogP contribution in [0.2, 0.25) is 0 Å². The van der Waals surface area contributed by atoms with Crippen molar-refractivity contribution in [1.82, 2.24) is 4.90 Å². The molecule has 128 valence electrons. The summed E-state index contributed by atoms with van der Waals surface area (Å²) >= 11 is 0. The third kappa shape index (κ3) is 2.70. The number of rotatable bonds is 4. The van der Waals surface area contributed by atoms with Gasteiger partial charge in [0.1, 0.15) is 6.10 Å². The van der Waals surface area contributed by atoms with Crippen LogP contribution in [0.15, 0.2) is 78.9 Å². The van der Waals surface area contributed by atoms with Crippen molar-refractivity contribution in [2.24, 2.45) is 0 Å². The van der Waals surface area contributed by atoms with Gasteiger partial charge >= 0.3 is 0 Å². The Morgan fingerprint density at radius 2 is 1.27 bits per heavy atom. The molecule has 0 radical (unpaired) electrons. The molecule has 4 nitrogen and oxygen atoms in total. The number of amides is 2. The maximum absolute atomic E-state index is 12.6. The van der Waals surface area contributed by atoms with Crippen molar-refractivity contribution in [2.45, 2.75) is 12.6 Å². The van der Waals surface area contributed by atoms with Crippen molar-refractivity contribution >= 4 is 11.8 Å². The molecular weight excluding hydrogens is 326 g/mol. The maximum atomic E-state index is 12.6. The van der Waals surface area contributed by atoms with Crippen LogP contribution in [0.1, 0.15) is 43.5 Å². The summed E-state index contributed by atoms with van der Waals surface area (Å²) in [6.07, 6.45) is -0.817. The average molecular weight is 343 g/mol. The van der Waals surface area contributed by atoms with E-state index >= 15 is 0 Å². The summed E-state index contributed by atoms with van der Waals surface area (Å²) in [6.45, 7) is 0.131. The lowest BCUT2D eigenvalue weighted by Gasteiger charge is -2.20. The molecule has 0 aliphatic carbocycles. The maximum Gasteiger partial charge on any atom is 0.261 e. The highest BCUT2D eigenvalue weighted by Gasteiger charge is 2.35. The molecule has 0 saturated carbocycles. The van der Waals surface area contributed by atoms with Gasteiger partial charge in [0.2, 0.25) is 0 Å². The lowest BCUT2D eigenvalue weighted by Crippen LogP contribution is -2.29. The van der Waals surface area contributed by atoms with E-state index in [1.807, 2.05) is 54.6 Å². The SMILES string of the molecule is O=C1c2ccccc2C(=O)N1Cc1ccccc1C(O)c1ccccc1. The van der Waals surface area contributed by atoms with E-state index in [2.05, 4.69) is 0 Å². The van der Waals surface area contributed by atoms with Crippen LogP contribution >= 0.6 is 0 Å². The average Bonchev–Trinajstić information content (AvgIpc) is 2.94. The first-order chi connectivity index (χ1) is 12.7. The standard InChI is InChI=1S/C22H17NO3/c24-20(15-8-2-1-3-9-15)17-11-5-4-10-16(17)14-23-21(25)18-12-6-7-13-19(18)22(23)26/h1-13,20,24H,14H2. The van der Waals surface area contributed by atoms with E-state index in [1.165, 1.54) is 4.90 Å². The van der Waals surface area contributed by atoms with E-state index in [0.29, 0.717) is 16.7 Å². The van der Waals surface area contributed by atoms with Gasteiger partial charge < -0.3 is 5.11 Å². The van der Waals surface area contributed by atoms with Crippen LogP contribution in [0.3, 0.4) is 0 Å². The highest BCUT2D eigenvalue weighted by Crippen LogP contribution is 2.29. The number of benzene rings is 3. The van der Waals surface area contributed by atoms with Crippen molar-refractivity contribution in [3.8, 4) is 0 Å². The zero-order valence-corrected chi connectivity index (χ0v) is 14.0. The fourth-order valence-electron chi connectivity index (χ4n) is 3.31. The minimum Gasteiger partial charge on any atom is -0.384 e. The van der Waals surface area contributed by atoms with E-state index in [1.54, 1.807) is 24.3 Å². The number of carbonyl (C=O) groups is 2. The molecule has 3 aromatic rings. The number of hydrogen-bond acceptors (Lipinski definition) is 3. The first-order valence-corrected chi connectivity index (χ1v) is 8.43. The molecular formula is C22H17NO3. The van der Waals surface area contributed by atoms with Crippen LogP contribution in [0.25, 0.3) is 0 Å². The number of fused-ring (bicyclic) bond motifs is 1. The summed E-state index contributed by atoms with van der Waals surface area (Å²) in [6, 6.07) is 23.5. The molecule has 3 aromatic carbocycles. The number of aliphatic hydroxyl groups excluding tert-OH is 1. The van der Waals surface area contributed by atoms with Gasteiger partial charge in [0, 0.05) is 0 Å². The monoisotopic (exact) mass is 343 g/mol. The quantitative estimate of drug-likeness (QED) is 0.737. The molecule has 0 bridgehead atoms. The molecule has 4 rings (SSSR count). The van der Waals surface area contributed by atoms with Gasteiger partial charge in [0.15, 0.2) is 0 Å². The third-order valence-corrected chi connectivity index (χ3v) is 4.67. The topological polar surface area (TPSA) is 57.6 Å². The van der Waals surface area contributed by atoms with E-state index in [9.17, 15) is 14.7 Å². The van der Waals surface area contributed by atoms with Gasteiger partial charge in [-0.2, -0.15) is 0 Å². The number of nitrogens with zero attached hydrogens (tertiary/aromatic N) is 1. The molecule has 0 spiro atoms. The summed E-state index contributed by atoms with van der Waals surface area (Å²) in [4.78, 5) is 26.4. The lowest BCUT2D eigenvalue weighted by molar-refractivity contribution is 0.0640. The largest absolute Gasteiger partial charge is 0.384 e. The van der Waals surface area contributed by atoms with E-state index in [-0.39, 0.29) is 18.4 Å². The van der Waals surface area contributed by atoms with Crippen molar-refractivity contribution in [1.29, 1.82) is 0 Å². The molecule has 0 saturated heterocycles. The molecule has 0 aromatic heterocycles. The molecule has 2 amide bonds. The first kappa shape index (κ1) is 16.2. The number of imide groups is 1. The zero-order valence-electron chi connectivity index (χ0n) is 14.0. The minimum absolute atomic E-state index is 0.131. The Balaban J connectivity index is 1.67. The van der Waals surface area contributed by atoms with Gasteiger partial charge in [-0.05, 0) is 28.8 Å². The molecule has 1 heterocycles. The number of carbonyl (C=O) groups excluding carboxylic acids is 2. The van der Waals surface area contributed by atoms with Crippen LogP contribution < -0.4 is 0 Å². The predicted octanol–water partition coefficient (Wildman–Crippen LogP) is 3.56. The molecule has 4 heteroatoms. The van der Waals surface area contributed by atoms with Crippen LogP contribution in [-0.2, 0) is 6.54 Å². The highest BCUT2D eigenvalue weighted by molar-refractivity contribution is 6.21. The van der Waals surface area contributed by atoms with Gasteiger partial charge in [-0.15, -0.1) is 0 Å². The Morgan fingerprint density at radius 1 is 0.731 bits per heavy atom. The van der Waals surface area contributed by atoms with Crippen molar-refractivity contribution < 1.29 is 14.7 Å². The highest BCUT2D eigenvalue weighted by atomic mass is 16.3. The fourth-order valence-corrected chi connectivity index (χ4v) is 3.31. The third-order valence-electron chi connectivity index (χ3n) is 4.67. The van der Waals surface area contributed by atoms with Crippen molar-refractivity contribution in [3.63, 3.8) is 0 Å². The second kappa shape index (κ2) is 6.58. The van der Waals surface area contributed by atoms with E-state index in [0.717, 1.165) is 11.1 Å². The predicted molar refractivity (Wildman–Crippen MR) is 97.6 cm³/mol. The van der Waals surface area contributed by atoms with Gasteiger partial charge in [-0.1, -0.05) is 66.7 Å². The van der Waals surface area contributed by atoms with Gasteiger partial charge in [0.25, 0.3) is 11.8 Å². The molecule has 1 N–H and O–H groups in total. The second-order valence-electron chi connectivity index (χ2n) is 6.25. The molecule has 1 aliphatic heterocycles. The van der Waals surface area contributed by atoms with Crippen LogP contribution in [-0.4, -0.2) is 21.8 Å². The molecule has 1 unspecified atom stereocenters. The lowest BCUT2D eigenvalue weighted by atomic mass is 9.96. The van der Waals surface area contributed by atoms with Crippen molar-refractivity contribution in [3.05, 3.63) is 107 Å². The Morgan fingerprint density at radius 3 is 1.92 bits per heavy atom. The van der Waals surface area contributed by atoms with Gasteiger partial charge in [-0.25, -0.2) is 0 Å². The van der Waals surface area contributed by atoms with Crippen LogP contribution in [0.5, 0.6) is 0 Å². The Hall–Kier alpha value is -3.24. The van der Waals surface area contributed by atoms with Crippen LogP contribution in [0.4, 0.5) is 0 Å². The van der Waals surface area contributed by atoms with E-state index in [4.69, 9.17) is 0 Å². The number of aliphatic hydroxyl groups is 1. The molecule has 1 aliphatic rings. The summed E-state index contributed by atoms with van der Waals surface area (Å²) in [5.41, 5.74) is 3.06. The Bertz CT molecular complexity index is 946. The smallest absolute Gasteiger partial charge is 0.261 e. The molecule has 1 atom stereocenters. The first-order valence-electron chi connectivity index (χ1n) is 8.43. The fraction of sp³-hybridized carbons (Fsp3) is 0.0909. The Labute approximate surface area is 151 Å². The normalized spacial score (nSPS) is 14.4. The number of hydrogen-bond donors (Lipinski definition) is 1. The van der Waals surface area contributed by atoms with Gasteiger partial charge in [0.05, 0.1) is 17.7 Å². The zero-order chi connectivity index (χ0) is 18.1. The summed E-state index contributed by atoms with van der Waals surface area (Å²) < 4.78 is 0. The van der Waals surface area contributed by atoms with Crippen molar-refractivity contribution in [2.75, 3.05) is 0 Å².